The molecule has 2 fully saturated rings. The standard InChI is InChI=1S/C17H32N2O2/c1-12(2)18-17(15(20)21)8-6-14(10-17)19-9-7-13(11-19)16(3,4)5/h12-14,18H,6-11H2,1-5H3,(H,20,21). The SMILES string of the molecule is CC(C)NC1(C(=O)O)CCC(N2CCC(C(C)(C)C)C2)C1. The van der Waals surface area contributed by atoms with E-state index in [0.717, 1.165) is 38.3 Å². The zero-order valence-electron chi connectivity index (χ0n) is 14.3. The lowest BCUT2D eigenvalue weighted by Crippen LogP contribution is -2.53. The van der Waals surface area contributed by atoms with Gasteiger partial charge in [0.05, 0.1) is 0 Å². The lowest BCUT2D eigenvalue weighted by Gasteiger charge is -2.31. The Hall–Kier alpha value is -0.610. The van der Waals surface area contributed by atoms with Crippen molar-refractivity contribution in [2.24, 2.45) is 11.3 Å². The van der Waals surface area contributed by atoms with Crippen LogP contribution in [0.4, 0.5) is 0 Å². The Kier molecular flexibility index (Phi) is 4.69. The summed E-state index contributed by atoms with van der Waals surface area (Å²) >= 11 is 0. The minimum Gasteiger partial charge on any atom is -0.480 e. The number of nitrogens with one attached hydrogen (secondary N) is 1. The first-order valence-electron chi connectivity index (χ1n) is 8.39. The second kappa shape index (κ2) is 5.88. The molecule has 0 radical (unpaired) electrons. The zero-order chi connectivity index (χ0) is 15.8. The van der Waals surface area contributed by atoms with E-state index in [4.69, 9.17) is 0 Å². The van der Waals surface area contributed by atoms with E-state index in [1.807, 2.05) is 13.8 Å². The van der Waals surface area contributed by atoms with Crippen molar-refractivity contribution in [2.45, 2.75) is 77.9 Å². The van der Waals surface area contributed by atoms with Gasteiger partial charge in [0.25, 0.3) is 0 Å². The molecule has 0 aromatic rings. The summed E-state index contributed by atoms with van der Waals surface area (Å²) in [6, 6.07) is 0.639. The van der Waals surface area contributed by atoms with Crippen molar-refractivity contribution in [3.05, 3.63) is 0 Å². The molecule has 122 valence electrons. The highest BCUT2D eigenvalue weighted by atomic mass is 16.4. The van der Waals surface area contributed by atoms with Crippen LogP contribution >= 0.6 is 0 Å². The van der Waals surface area contributed by atoms with Crippen LogP contribution < -0.4 is 5.32 Å². The molecular weight excluding hydrogens is 264 g/mol. The van der Waals surface area contributed by atoms with Gasteiger partial charge in [-0.2, -0.15) is 0 Å². The van der Waals surface area contributed by atoms with Crippen LogP contribution in [-0.4, -0.2) is 46.7 Å². The van der Waals surface area contributed by atoms with Crippen molar-refractivity contribution >= 4 is 5.97 Å². The first-order chi connectivity index (χ1) is 9.64. The quantitative estimate of drug-likeness (QED) is 0.837. The smallest absolute Gasteiger partial charge is 0.323 e. The summed E-state index contributed by atoms with van der Waals surface area (Å²) in [5.41, 5.74) is -0.355. The fraction of sp³-hybridized carbons (Fsp3) is 0.941. The molecule has 0 bridgehead atoms. The first kappa shape index (κ1) is 16.8. The Labute approximate surface area is 129 Å². The van der Waals surface area contributed by atoms with E-state index in [1.54, 1.807) is 0 Å². The normalized spacial score (nSPS) is 34.8. The maximum atomic E-state index is 11.8. The Bertz CT molecular complexity index is 389. The van der Waals surface area contributed by atoms with E-state index in [-0.39, 0.29) is 6.04 Å². The molecule has 2 aliphatic rings. The molecule has 0 spiro atoms. The molecule has 4 nitrogen and oxygen atoms in total. The highest BCUT2D eigenvalue weighted by Crippen LogP contribution is 2.39. The van der Waals surface area contributed by atoms with Gasteiger partial charge in [-0.1, -0.05) is 20.8 Å². The van der Waals surface area contributed by atoms with Crippen molar-refractivity contribution in [1.82, 2.24) is 10.2 Å². The molecule has 3 atom stereocenters. The summed E-state index contributed by atoms with van der Waals surface area (Å²) in [4.78, 5) is 14.3. The van der Waals surface area contributed by atoms with Crippen LogP contribution in [0, 0.1) is 11.3 Å². The number of hydrogen-bond donors (Lipinski definition) is 2. The topological polar surface area (TPSA) is 52.6 Å². The van der Waals surface area contributed by atoms with Crippen molar-refractivity contribution < 1.29 is 9.90 Å². The Morgan fingerprint density at radius 3 is 2.48 bits per heavy atom. The van der Waals surface area contributed by atoms with E-state index < -0.39 is 11.5 Å². The summed E-state index contributed by atoms with van der Waals surface area (Å²) in [6.45, 7) is 13.3. The Morgan fingerprint density at radius 1 is 1.33 bits per heavy atom. The average Bonchev–Trinajstić information content (AvgIpc) is 2.93. The Morgan fingerprint density at radius 2 is 2.00 bits per heavy atom. The molecule has 1 aliphatic carbocycles. The van der Waals surface area contributed by atoms with Crippen LogP contribution in [0.5, 0.6) is 0 Å². The zero-order valence-corrected chi connectivity index (χ0v) is 14.3. The van der Waals surface area contributed by atoms with Crippen LogP contribution in [0.3, 0.4) is 0 Å². The molecule has 2 N–H and O–H groups in total. The summed E-state index contributed by atoms with van der Waals surface area (Å²) in [5, 5.41) is 13.0. The number of likely N-dealkylation sites (tertiary alicyclic amines) is 1. The van der Waals surface area contributed by atoms with Crippen LogP contribution in [-0.2, 0) is 4.79 Å². The molecule has 1 aliphatic heterocycles. The number of nitrogens with zero attached hydrogens (tertiary/aromatic N) is 1. The van der Waals surface area contributed by atoms with Gasteiger partial charge in [-0.05, 0) is 57.4 Å². The number of rotatable bonds is 4. The molecular formula is C17H32N2O2. The first-order valence-corrected chi connectivity index (χ1v) is 8.39. The van der Waals surface area contributed by atoms with E-state index in [1.165, 1.54) is 6.42 Å². The number of carboxylic acid groups (broad SMARTS) is 1. The molecule has 4 heteroatoms. The molecule has 21 heavy (non-hydrogen) atoms. The van der Waals surface area contributed by atoms with Crippen molar-refractivity contribution in [1.29, 1.82) is 0 Å². The van der Waals surface area contributed by atoms with E-state index >= 15 is 0 Å². The second-order valence-corrected chi connectivity index (χ2v) is 8.43. The lowest BCUT2D eigenvalue weighted by atomic mass is 9.80. The maximum absolute atomic E-state index is 11.8. The molecule has 0 amide bonds. The van der Waals surface area contributed by atoms with Gasteiger partial charge in [-0.3, -0.25) is 15.0 Å². The summed E-state index contributed by atoms with van der Waals surface area (Å²) in [5.74, 6) is 0.0562. The largest absolute Gasteiger partial charge is 0.480 e. The van der Waals surface area contributed by atoms with Crippen molar-refractivity contribution in [3.8, 4) is 0 Å². The highest BCUT2D eigenvalue weighted by Gasteiger charge is 2.48. The third-order valence-corrected chi connectivity index (χ3v) is 5.42. The average molecular weight is 296 g/mol. The van der Waals surface area contributed by atoms with Gasteiger partial charge >= 0.3 is 5.97 Å². The summed E-state index contributed by atoms with van der Waals surface area (Å²) < 4.78 is 0. The Balaban J connectivity index is 2.00. The van der Waals surface area contributed by atoms with E-state index in [9.17, 15) is 9.90 Å². The van der Waals surface area contributed by atoms with Crippen LogP contribution in [0.25, 0.3) is 0 Å². The molecule has 3 unspecified atom stereocenters. The highest BCUT2D eigenvalue weighted by molar-refractivity contribution is 5.79. The molecule has 1 saturated carbocycles. The van der Waals surface area contributed by atoms with Gasteiger partial charge < -0.3 is 5.11 Å². The third kappa shape index (κ3) is 3.59. The van der Waals surface area contributed by atoms with Gasteiger partial charge in [0.1, 0.15) is 5.54 Å². The van der Waals surface area contributed by atoms with Gasteiger partial charge in [0.2, 0.25) is 0 Å². The van der Waals surface area contributed by atoms with Crippen molar-refractivity contribution in [3.63, 3.8) is 0 Å². The molecule has 1 heterocycles. The third-order valence-electron chi connectivity index (χ3n) is 5.42. The lowest BCUT2D eigenvalue weighted by molar-refractivity contribution is -0.145. The van der Waals surface area contributed by atoms with Gasteiger partial charge in [0.15, 0.2) is 0 Å². The molecule has 0 aromatic carbocycles. The van der Waals surface area contributed by atoms with Gasteiger partial charge in [0, 0.05) is 18.6 Å². The monoisotopic (exact) mass is 296 g/mol. The van der Waals surface area contributed by atoms with Gasteiger partial charge in [-0.25, -0.2) is 0 Å². The number of aliphatic carboxylic acids is 1. The number of carboxylic acids is 1. The number of carbonyl (C=O) groups is 1. The van der Waals surface area contributed by atoms with Gasteiger partial charge in [-0.15, -0.1) is 0 Å². The molecule has 2 rings (SSSR count). The summed E-state index contributed by atoms with van der Waals surface area (Å²) in [6.07, 6.45) is 3.75. The molecule has 0 aromatic heterocycles. The van der Waals surface area contributed by atoms with E-state index in [0.29, 0.717) is 11.5 Å². The van der Waals surface area contributed by atoms with Crippen LogP contribution in [0.2, 0.25) is 0 Å². The summed E-state index contributed by atoms with van der Waals surface area (Å²) in [7, 11) is 0. The van der Waals surface area contributed by atoms with Crippen LogP contribution in [0.1, 0.15) is 60.3 Å². The predicted molar refractivity (Wildman–Crippen MR) is 85.4 cm³/mol. The fourth-order valence-electron chi connectivity index (χ4n) is 4.10. The number of hydrogen-bond acceptors (Lipinski definition) is 3. The minimum absolute atomic E-state index is 0.209. The predicted octanol–water partition coefficient (Wildman–Crippen LogP) is 2.73. The van der Waals surface area contributed by atoms with Crippen molar-refractivity contribution in [2.75, 3.05) is 13.1 Å². The van der Waals surface area contributed by atoms with E-state index in [2.05, 4.69) is 31.0 Å². The fourth-order valence-corrected chi connectivity index (χ4v) is 4.10. The second-order valence-electron chi connectivity index (χ2n) is 8.43. The maximum Gasteiger partial charge on any atom is 0.323 e. The molecule has 1 saturated heterocycles. The van der Waals surface area contributed by atoms with Crippen LogP contribution in [0.15, 0.2) is 0 Å². The minimum atomic E-state index is -0.710.